The molecule has 1 saturated carbocycles. The van der Waals surface area contributed by atoms with Crippen molar-refractivity contribution in [2.75, 3.05) is 18.1 Å². The third-order valence-corrected chi connectivity index (χ3v) is 4.85. The van der Waals surface area contributed by atoms with Crippen molar-refractivity contribution in [3.05, 3.63) is 0 Å². The largest absolute Gasteiger partial charge is 0.328 e. The van der Waals surface area contributed by atoms with E-state index in [0.29, 0.717) is 6.42 Å². The summed E-state index contributed by atoms with van der Waals surface area (Å²) in [4.78, 5) is 0. The lowest BCUT2D eigenvalue weighted by Gasteiger charge is -2.23. The molecule has 0 aromatic rings. The van der Waals surface area contributed by atoms with E-state index in [1.165, 1.54) is 0 Å². The van der Waals surface area contributed by atoms with Gasteiger partial charge in [0.25, 0.3) is 0 Å². The van der Waals surface area contributed by atoms with Crippen LogP contribution in [0.15, 0.2) is 0 Å². The third kappa shape index (κ3) is 3.72. The zero-order chi connectivity index (χ0) is 11.5. The molecule has 0 aromatic carbocycles. The van der Waals surface area contributed by atoms with Crippen molar-refractivity contribution in [3.63, 3.8) is 0 Å². The van der Waals surface area contributed by atoms with E-state index < -0.39 is 15.5 Å². The molecule has 1 rings (SSSR count). The van der Waals surface area contributed by atoms with Crippen LogP contribution in [0.4, 0.5) is 4.39 Å². The number of alkyl halides is 1. The first-order valence-corrected chi connectivity index (χ1v) is 7.35. The van der Waals surface area contributed by atoms with Gasteiger partial charge in [0, 0.05) is 12.3 Å². The van der Waals surface area contributed by atoms with Gasteiger partial charge in [0.05, 0.1) is 5.75 Å². The first-order valence-electron chi connectivity index (χ1n) is 5.53. The van der Waals surface area contributed by atoms with Crippen molar-refractivity contribution in [1.82, 2.24) is 0 Å². The lowest BCUT2D eigenvalue weighted by molar-refractivity contribution is 0.138. The van der Waals surface area contributed by atoms with E-state index in [-0.39, 0.29) is 30.4 Å². The van der Waals surface area contributed by atoms with Gasteiger partial charge in [-0.2, -0.15) is 0 Å². The van der Waals surface area contributed by atoms with Crippen molar-refractivity contribution in [2.24, 2.45) is 11.7 Å². The van der Waals surface area contributed by atoms with E-state index in [4.69, 9.17) is 5.73 Å². The second-order valence-corrected chi connectivity index (χ2v) is 6.72. The molecular weight excluding hydrogens is 217 g/mol. The Kier molecular flexibility index (Phi) is 4.12. The minimum absolute atomic E-state index is 0.000624. The van der Waals surface area contributed by atoms with Gasteiger partial charge >= 0.3 is 0 Å². The number of sulfone groups is 1. The molecule has 90 valence electrons. The van der Waals surface area contributed by atoms with Gasteiger partial charge in [0.1, 0.15) is 15.5 Å². The average Bonchev–Trinajstić information content (AvgIpc) is 2.98. The fourth-order valence-electron chi connectivity index (χ4n) is 1.81. The van der Waals surface area contributed by atoms with E-state index >= 15 is 0 Å². The first-order chi connectivity index (χ1) is 6.93. The molecule has 1 fully saturated rings. The number of nitrogens with two attached hydrogens (primary N) is 1. The van der Waals surface area contributed by atoms with E-state index in [0.717, 1.165) is 12.8 Å². The SMILES string of the molecule is CCCS(=O)(=O)CCC(F)(CN)C1CC1. The molecule has 0 aromatic heterocycles. The zero-order valence-corrected chi connectivity index (χ0v) is 10.0. The first kappa shape index (κ1) is 12.9. The molecule has 0 aliphatic heterocycles. The molecule has 3 nitrogen and oxygen atoms in total. The van der Waals surface area contributed by atoms with Gasteiger partial charge in [-0.15, -0.1) is 0 Å². The number of rotatable bonds is 7. The van der Waals surface area contributed by atoms with Gasteiger partial charge in [-0.1, -0.05) is 6.92 Å². The van der Waals surface area contributed by atoms with Crippen LogP contribution in [0.25, 0.3) is 0 Å². The molecule has 0 bridgehead atoms. The molecule has 0 amide bonds. The lowest BCUT2D eigenvalue weighted by Crippen LogP contribution is -2.37. The van der Waals surface area contributed by atoms with Crippen LogP contribution in [-0.4, -0.2) is 32.1 Å². The number of hydrogen-bond donors (Lipinski definition) is 1. The maximum Gasteiger partial charge on any atom is 0.150 e. The lowest BCUT2D eigenvalue weighted by atomic mass is 9.97. The summed E-state index contributed by atoms with van der Waals surface area (Å²) in [6, 6.07) is 0. The molecule has 1 unspecified atom stereocenters. The van der Waals surface area contributed by atoms with Crippen LogP contribution in [-0.2, 0) is 9.84 Å². The quantitative estimate of drug-likeness (QED) is 0.725. The van der Waals surface area contributed by atoms with Crippen molar-refractivity contribution >= 4 is 9.84 Å². The summed E-state index contributed by atoms with van der Waals surface area (Å²) < 4.78 is 36.9. The van der Waals surface area contributed by atoms with Gasteiger partial charge in [0.2, 0.25) is 0 Å². The van der Waals surface area contributed by atoms with E-state index in [9.17, 15) is 12.8 Å². The normalized spacial score (nSPS) is 21.3. The van der Waals surface area contributed by atoms with Gasteiger partial charge in [-0.3, -0.25) is 0 Å². The Morgan fingerprint density at radius 1 is 1.40 bits per heavy atom. The van der Waals surface area contributed by atoms with Crippen molar-refractivity contribution < 1.29 is 12.8 Å². The smallest absolute Gasteiger partial charge is 0.150 e. The summed E-state index contributed by atoms with van der Waals surface area (Å²) in [5, 5.41) is 0. The van der Waals surface area contributed by atoms with Crippen LogP contribution in [0.5, 0.6) is 0 Å². The summed E-state index contributed by atoms with van der Waals surface area (Å²) in [6.45, 7) is 1.75. The molecule has 1 atom stereocenters. The van der Waals surface area contributed by atoms with Crippen LogP contribution in [0.2, 0.25) is 0 Å². The molecule has 0 spiro atoms. The Hall–Kier alpha value is -0.160. The molecular formula is C10H20FNO2S. The van der Waals surface area contributed by atoms with Crippen LogP contribution < -0.4 is 5.73 Å². The summed E-state index contributed by atoms with van der Waals surface area (Å²) in [7, 11) is -3.08. The maximum atomic E-state index is 14.1. The molecule has 0 radical (unpaired) electrons. The number of halogens is 1. The Balaban J connectivity index is 2.47. The average molecular weight is 237 g/mol. The Bertz CT molecular complexity index is 301. The van der Waals surface area contributed by atoms with E-state index in [2.05, 4.69) is 0 Å². The molecule has 5 heteroatoms. The summed E-state index contributed by atoms with van der Waals surface area (Å²) >= 11 is 0. The van der Waals surface area contributed by atoms with Gasteiger partial charge in [-0.05, 0) is 31.6 Å². The second-order valence-electron chi connectivity index (χ2n) is 4.41. The summed E-state index contributed by atoms with van der Waals surface area (Å²) in [5.74, 6) is 0.0860. The van der Waals surface area contributed by atoms with E-state index in [1.807, 2.05) is 6.92 Å². The topological polar surface area (TPSA) is 60.2 Å². The highest BCUT2D eigenvalue weighted by molar-refractivity contribution is 7.91. The minimum Gasteiger partial charge on any atom is -0.328 e. The minimum atomic E-state index is -3.08. The Morgan fingerprint density at radius 3 is 2.40 bits per heavy atom. The monoisotopic (exact) mass is 237 g/mol. The fraction of sp³-hybridized carbons (Fsp3) is 1.00. The molecule has 2 N–H and O–H groups in total. The molecule has 1 aliphatic carbocycles. The van der Waals surface area contributed by atoms with Gasteiger partial charge in [0.15, 0.2) is 0 Å². The van der Waals surface area contributed by atoms with Crippen LogP contribution in [0, 0.1) is 5.92 Å². The second kappa shape index (κ2) is 4.78. The van der Waals surface area contributed by atoms with Gasteiger partial charge < -0.3 is 5.73 Å². The van der Waals surface area contributed by atoms with Gasteiger partial charge in [-0.25, -0.2) is 12.8 Å². The predicted molar refractivity (Wildman–Crippen MR) is 59.2 cm³/mol. The highest BCUT2D eigenvalue weighted by atomic mass is 32.2. The van der Waals surface area contributed by atoms with Crippen LogP contribution >= 0.6 is 0 Å². The molecule has 1 aliphatic rings. The fourth-order valence-corrected chi connectivity index (χ4v) is 3.29. The summed E-state index contributed by atoms with van der Waals surface area (Å²) in [6.07, 6.45) is 2.35. The van der Waals surface area contributed by atoms with Crippen molar-refractivity contribution in [2.45, 2.75) is 38.3 Å². The zero-order valence-electron chi connectivity index (χ0n) is 9.21. The van der Waals surface area contributed by atoms with Crippen molar-refractivity contribution in [3.8, 4) is 0 Å². The maximum absolute atomic E-state index is 14.1. The van der Waals surface area contributed by atoms with Crippen LogP contribution in [0.3, 0.4) is 0 Å². The third-order valence-electron chi connectivity index (χ3n) is 2.99. The van der Waals surface area contributed by atoms with E-state index in [1.54, 1.807) is 0 Å². The highest BCUT2D eigenvalue weighted by Gasteiger charge is 2.45. The standard InChI is InChI=1S/C10H20FNO2S/c1-2-6-15(13,14)7-5-10(11,8-12)9-3-4-9/h9H,2-8,12H2,1H3. The van der Waals surface area contributed by atoms with Crippen molar-refractivity contribution in [1.29, 1.82) is 0 Å². The molecule has 0 heterocycles. The summed E-state index contributed by atoms with van der Waals surface area (Å²) in [5.41, 5.74) is 3.94. The Morgan fingerprint density at radius 2 is 2.00 bits per heavy atom. The van der Waals surface area contributed by atoms with Crippen LogP contribution in [0.1, 0.15) is 32.6 Å². The molecule has 15 heavy (non-hydrogen) atoms. The predicted octanol–water partition coefficient (Wildman–Crippen LogP) is 1.28. The number of hydrogen-bond acceptors (Lipinski definition) is 3. The highest BCUT2D eigenvalue weighted by Crippen LogP contribution is 2.43. The Labute approximate surface area is 91.1 Å². The molecule has 0 saturated heterocycles.